The van der Waals surface area contributed by atoms with Crippen LogP contribution in [0.4, 0.5) is 5.69 Å². The van der Waals surface area contributed by atoms with Gasteiger partial charge in [-0.25, -0.2) is 0 Å². The van der Waals surface area contributed by atoms with E-state index in [0.29, 0.717) is 24.0 Å². The van der Waals surface area contributed by atoms with E-state index in [-0.39, 0.29) is 18.4 Å². The molecule has 6 nitrogen and oxygen atoms in total. The van der Waals surface area contributed by atoms with Crippen LogP contribution in [0, 0.1) is 5.92 Å². The molecule has 1 aliphatic rings. The molecule has 1 unspecified atom stereocenters. The van der Waals surface area contributed by atoms with Gasteiger partial charge in [0.1, 0.15) is 5.75 Å². The minimum Gasteiger partial charge on any atom is -0.497 e. The molecule has 1 atom stereocenters. The SMILES string of the molecule is COc1cccc(NC(=O)C[NH+](C)CC(=O)NC2CCC(C)CC2)c1. The van der Waals surface area contributed by atoms with Crippen molar-refractivity contribution < 1.29 is 19.2 Å². The van der Waals surface area contributed by atoms with E-state index in [0.717, 1.165) is 23.7 Å². The summed E-state index contributed by atoms with van der Waals surface area (Å²) in [4.78, 5) is 25.1. The fraction of sp³-hybridized carbons (Fsp3) is 0.579. The molecule has 1 aliphatic carbocycles. The van der Waals surface area contributed by atoms with E-state index < -0.39 is 0 Å². The van der Waals surface area contributed by atoms with Crippen LogP contribution >= 0.6 is 0 Å². The van der Waals surface area contributed by atoms with Crippen molar-refractivity contribution in [1.29, 1.82) is 0 Å². The van der Waals surface area contributed by atoms with Gasteiger partial charge >= 0.3 is 0 Å². The van der Waals surface area contributed by atoms with Gasteiger partial charge in [-0.05, 0) is 43.7 Å². The van der Waals surface area contributed by atoms with Crippen molar-refractivity contribution in [2.45, 2.75) is 38.6 Å². The molecule has 25 heavy (non-hydrogen) atoms. The Labute approximate surface area is 149 Å². The number of anilines is 1. The van der Waals surface area contributed by atoms with Crippen molar-refractivity contribution >= 4 is 17.5 Å². The van der Waals surface area contributed by atoms with Gasteiger partial charge in [0, 0.05) is 17.8 Å². The zero-order valence-corrected chi connectivity index (χ0v) is 15.4. The normalized spacial score (nSPS) is 21.2. The van der Waals surface area contributed by atoms with Gasteiger partial charge in [0.15, 0.2) is 13.1 Å². The Balaban J connectivity index is 1.72. The number of amides is 2. The van der Waals surface area contributed by atoms with Crippen molar-refractivity contribution in [3.63, 3.8) is 0 Å². The molecular formula is C19H30N3O3+. The highest BCUT2D eigenvalue weighted by molar-refractivity contribution is 5.91. The van der Waals surface area contributed by atoms with Gasteiger partial charge in [0.25, 0.3) is 11.8 Å². The van der Waals surface area contributed by atoms with E-state index >= 15 is 0 Å². The number of likely N-dealkylation sites (N-methyl/N-ethyl adjacent to an activating group) is 1. The highest BCUT2D eigenvalue weighted by atomic mass is 16.5. The molecule has 1 saturated carbocycles. The number of hydrogen-bond donors (Lipinski definition) is 3. The second-order valence-electron chi connectivity index (χ2n) is 7.12. The molecule has 2 rings (SSSR count). The molecule has 0 bridgehead atoms. The first-order valence-corrected chi connectivity index (χ1v) is 9.01. The summed E-state index contributed by atoms with van der Waals surface area (Å²) in [5.41, 5.74) is 0.693. The number of methoxy groups -OCH3 is 1. The first-order chi connectivity index (χ1) is 12.0. The number of nitrogens with one attached hydrogen (secondary N) is 3. The fourth-order valence-corrected chi connectivity index (χ4v) is 3.20. The van der Waals surface area contributed by atoms with Crippen LogP contribution in [0.1, 0.15) is 32.6 Å². The molecule has 138 valence electrons. The lowest BCUT2D eigenvalue weighted by Crippen LogP contribution is -3.11. The van der Waals surface area contributed by atoms with Crippen LogP contribution in [0.25, 0.3) is 0 Å². The Morgan fingerprint density at radius 3 is 2.52 bits per heavy atom. The maximum atomic E-state index is 12.1. The van der Waals surface area contributed by atoms with Crippen molar-refractivity contribution in [2.75, 3.05) is 32.6 Å². The minimum absolute atomic E-state index is 0.0197. The van der Waals surface area contributed by atoms with Crippen LogP contribution in [-0.2, 0) is 9.59 Å². The second kappa shape index (κ2) is 9.42. The quantitative estimate of drug-likeness (QED) is 0.684. The first kappa shape index (κ1) is 19.2. The van der Waals surface area contributed by atoms with Crippen LogP contribution in [0.15, 0.2) is 24.3 Å². The van der Waals surface area contributed by atoms with Gasteiger partial charge in [0.2, 0.25) is 0 Å². The van der Waals surface area contributed by atoms with Gasteiger partial charge in [-0.15, -0.1) is 0 Å². The van der Waals surface area contributed by atoms with Gasteiger partial charge in [-0.2, -0.15) is 0 Å². The lowest BCUT2D eigenvalue weighted by molar-refractivity contribution is -0.862. The van der Waals surface area contributed by atoms with Crippen LogP contribution in [-0.4, -0.2) is 45.1 Å². The molecule has 2 amide bonds. The Bertz CT molecular complexity index is 583. The third-order valence-corrected chi connectivity index (χ3v) is 4.66. The molecule has 3 N–H and O–H groups in total. The molecule has 0 spiro atoms. The van der Waals surface area contributed by atoms with Gasteiger partial charge < -0.3 is 20.3 Å². The highest BCUT2D eigenvalue weighted by Gasteiger charge is 2.21. The highest BCUT2D eigenvalue weighted by Crippen LogP contribution is 2.23. The zero-order valence-electron chi connectivity index (χ0n) is 15.4. The van der Waals surface area contributed by atoms with Gasteiger partial charge in [0.05, 0.1) is 14.2 Å². The third kappa shape index (κ3) is 6.74. The molecule has 0 radical (unpaired) electrons. The molecule has 0 aliphatic heterocycles. The maximum absolute atomic E-state index is 12.1. The number of benzene rings is 1. The van der Waals surface area contributed by atoms with Crippen LogP contribution < -0.4 is 20.3 Å². The summed E-state index contributed by atoms with van der Waals surface area (Å²) in [6.45, 7) is 2.81. The maximum Gasteiger partial charge on any atom is 0.279 e. The number of rotatable bonds is 7. The standard InChI is InChI=1S/C19H29N3O3/c1-14-7-9-15(10-8-14)20-18(23)12-22(2)13-19(24)21-16-5-4-6-17(11-16)25-3/h4-6,11,14-15H,7-10,12-13H2,1-3H3,(H,20,23)(H,21,24)/p+1. The molecule has 6 heteroatoms. The van der Waals surface area contributed by atoms with E-state index in [1.165, 1.54) is 12.8 Å². The Morgan fingerprint density at radius 1 is 1.16 bits per heavy atom. The molecule has 1 aromatic carbocycles. The van der Waals surface area contributed by atoms with E-state index in [1.807, 2.05) is 25.2 Å². The first-order valence-electron chi connectivity index (χ1n) is 9.01. The van der Waals surface area contributed by atoms with Crippen LogP contribution in [0.2, 0.25) is 0 Å². The van der Waals surface area contributed by atoms with E-state index in [2.05, 4.69) is 17.6 Å². The summed E-state index contributed by atoms with van der Waals surface area (Å²) < 4.78 is 5.14. The smallest absolute Gasteiger partial charge is 0.279 e. The summed E-state index contributed by atoms with van der Waals surface area (Å²) >= 11 is 0. The predicted molar refractivity (Wildman–Crippen MR) is 97.8 cm³/mol. The number of hydrogen-bond acceptors (Lipinski definition) is 3. The lowest BCUT2D eigenvalue weighted by atomic mass is 9.87. The number of carbonyl (C=O) groups excluding carboxylic acids is 2. The van der Waals surface area contributed by atoms with E-state index in [9.17, 15) is 9.59 Å². The summed E-state index contributed by atoms with van der Waals surface area (Å²) in [6, 6.07) is 7.52. The van der Waals surface area contributed by atoms with E-state index in [4.69, 9.17) is 4.74 Å². The van der Waals surface area contributed by atoms with Crippen molar-refractivity contribution in [1.82, 2.24) is 5.32 Å². The summed E-state index contributed by atoms with van der Waals surface area (Å²) in [7, 11) is 3.44. The lowest BCUT2D eigenvalue weighted by Gasteiger charge is -2.27. The summed E-state index contributed by atoms with van der Waals surface area (Å²) in [5.74, 6) is 1.36. The molecular weight excluding hydrogens is 318 g/mol. The molecule has 0 saturated heterocycles. The Kier molecular flexibility index (Phi) is 7.25. The molecule has 0 aromatic heterocycles. The summed E-state index contributed by atoms with van der Waals surface area (Å²) in [5, 5.41) is 5.94. The number of ether oxygens (including phenoxy) is 1. The van der Waals surface area contributed by atoms with Crippen molar-refractivity contribution in [2.24, 2.45) is 5.92 Å². The van der Waals surface area contributed by atoms with E-state index in [1.54, 1.807) is 13.2 Å². The van der Waals surface area contributed by atoms with Crippen LogP contribution in [0.5, 0.6) is 5.75 Å². The second-order valence-corrected chi connectivity index (χ2v) is 7.12. The average molecular weight is 348 g/mol. The molecule has 1 aromatic rings. The summed E-state index contributed by atoms with van der Waals surface area (Å²) in [6.07, 6.45) is 4.47. The Morgan fingerprint density at radius 2 is 1.84 bits per heavy atom. The molecule has 1 fully saturated rings. The minimum atomic E-state index is -0.120. The van der Waals surface area contributed by atoms with Crippen molar-refractivity contribution in [3.8, 4) is 5.75 Å². The largest absolute Gasteiger partial charge is 0.497 e. The third-order valence-electron chi connectivity index (χ3n) is 4.66. The van der Waals surface area contributed by atoms with Gasteiger partial charge in [-0.1, -0.05) is 13.0 Å². The fourth-order valence-electron chi connectivity index (χ4n) is 3.20. The Hall–Kier alpha value is -2.08. The zero-order chi connectivity index (χ0) is 18.2. The number of quaternary nitrogens is 1. The predicted octanol–water partition coefficient (Wildman–Crippen LogP) is 0.843. The number of carbonyl (C=O) groups is 2. The average Bonchev–Trinajstić information content (AvgIpc) is 2.56. The van der Waals surface area contributed by atoms with Crippen molar-refractivity contribution in [3.05, 3.63) is 24.3 Å². The van der Waals surface area contributed by atoms with Gasteiger partial charge in [-0.3, -0.25) is 9.59 Å². The molecule has 0 heterocycles. The topological polar surface area (TPSA) is 71.9 Å². The monoisotopic (exact) mass is 348 g/mol. The van der Waals surface area contributed by atoms with Crippen LogP contribution in [0.3, 0.4) is 0 Å².